The molecule has 2 unspecified atom stereocenters. The Bertz CT molecular complexity index is 671. The van der Waals surface area contributed by atoms with Gasteiger partial charge in [-0.3, -0.25) is 9.59 Å². The zero-order valence-corrected chi connectivity index (χ0v) is 13.7. The predicted molar refractivity (Wildman–Crippen MR) is 85.6 cm³/mol. The van der Waals surface area contributed by atoms with Crippen molar-refractivity contribution in [2.45, 2.75) is 36.1 Å². The Balaban J connectivity index is 1.57. The molecule has 0 aromatic heterocycles. The standard InChI is InChI=1S/C16H17N3O3S/c1-16(2)11(8-17)19-14(21)13(15(19)23-16)18-12(20)9-22-10-6-4-3-5-7-10/h3-7,11,13,15H,9H2,1-2H3,(H,18,20)/t11?,13?,15-/m0/s1. The molecule has 0 bridgehead atoms. The van der Waals surface area contributed by atoms with Crippen LogP contribution in [-0.2, 0) is 9.59 Å². The summed E-state index contributed by atoms with van der Waals surface area (Å²) in [5, 5.41) is 11.8. The van der Waals surface area contributed by atoms with E-state index in [1.807, 2.05) is 32.0 Å². The number of hydrogen-bond donors (Lipinski definition) is 1. The van der Waals surface area contributed by atoms with Crippen LogP contribution in [0.2, 0.25) is 0 Å². The second kappa shape index (κ2) is 5.78. The molecule has 2 saturated heterocycles. The number of fused-ring (bicyclic) bond motifs is 1. The van der Waals surface area contributed by atoms with Crippen molar-refractivity contribution >= 4 is 23.6 Å². The minimum Gasteiger partial charge on any atom is -0.484 e. The Labute approximate surface area is 138 Å². The fraction of sp³-hybridized carbons (Fsp3) is 0.438. The highest BCUT2D eigenvalue weighted by molar-refractivity contribution is 8.01. The van der Waals surface area contributed by atoms with E-state index in [1.165, 1.54) is 0 Å². The van der Waals surface area contributed by atoms with Crippen molar-refractivity contribution in [1.29, 1.82) is 5.26 Å². The molecule has 6 nitrogen and oxygen atoms in total. The molecule has 2 fully saturated rings. The zero-order chi connectivity index (χ0) is 16.6. The highest BCUT2D eigenvalue weighted by atomic mass is 32.2. The maximum atomic E-state index is 12.2. The van der Waals surface area contributed by atoms with Gasteiger partial charge in [0.15, 0.2) is 6.61 Å². The maximum absolute atomic E-state index is 12.2. The fourth-order valence-electron chi connectivity index (χ4n) is 2.83. The lowest BCUT2D eigenvalue weighted by Gasteiger charge is -2.42. The van der Waals surface area contributed by atoms with Gasteiger partial charge >= 0.3 is 0 Å². The number of carbonyl (C=O) groups excluding carboxylic acids is 2. The highest BCUT2D eigenvalue weighted by Crippen LogP contribution is 2.50. The van der Waals surface area contributed by atoms with Gasteiger partial charge in [-0.1, -0.05) is 18.2 Å². The molecule has 1 aromatic carbocycles. The number of thioether (sulfide) groups is 1. The number of nitrogens with zero attached hydrogens (tertiary/aromatic N) is 2. The molecule has 3 rings (SSSR count). The van der Waals surface area contributed by atoms with Crippen LogP contribution in [0.1, 0.15) is 13.8 Å². The monoisotopic (exact) mass is 331 g/mol. The fourth-order valence-corrected chi connectivity index (χ4v) is 4.40. The van der Waals surface area contributed by atoms with Crippen molar-refractivity contribution in [2.75, 3.05) is 6.61 Å². The van der Waals surface area contributed by atoms with Gasteiger partial charge in [0, 0.05) is 4.75 Å². The van der Waals surface area contributed by atoms with E-state index in [9.17, 15) is 14.9 Å². The molecule has 0 radical (unpaired) electrons. The lowest BCUT2D eigenvalue weighted by atomic mass is 9.97. The third kappa shape index (κ3) is 2.75. The summed E-state index contributed by atoms with van der Waals surface area (Å²) in [5.41, 5.74) is 0. The number of carbonyl (C=O) groups is 2. The van der Waals surface area contributed by atoms with Crippen molar-refractivity contribution in [3.05, 3.63) is 30.3 Å². The molecule has 0 aliphatic carbocycles. The van der Waals surface area contributed by atoms with Gasteiger partial charge in [-0.25, -0.2) is 0 Å². The first-order valence-corrected chi connectivity index (χ1v) is 8.19. The molecule has 2 heterocycles. The smallest absolute Gasteiger partial charge is 0.258 e. The van der Waals surface area contributed by atoms with Crippen LogP contribution >= 0.6 is 11.8 Å². The molecular formula is C16H17N3O3S. The van der Waals surface area contributed by atoms with Gasteiger partial charge in [0.1, 0.15) is 23.2 Å². The lowest BCUT2D eigenvalue weighted by Crippen LogP contribution is -2.69. The summed E-state index contributed by atoms with van der Waals surface area (Å²) < 4.78 is 5.03. The van der Waals surface area contributed by atoms with Crippen LogP contribution in [0, 0.1) is 11.3 Å². The van der Waals surface area contributed by atoms with Crippen LogP contribution in [0.15, 0.2) is 30.3 Å². The van der Waals surface area contributed by atoms with Crippen LogP contribution < -0.4 is 10.1 Å². The van der Waals surface area contributed by atoms with Crippen molar-refractivity contribution in [3.8, 4) is 11.8 Å². The Morgan fingerprint density at radius 1 is 1.43 bits per heavy atom. The van der Waals surface area contributed by atoms with E-state index in [0.29, 0.717) is 5.75 Å². The Hall–Kier alpha value is -2.20. The number of rotatable bonds is 4. The summed E-state index contributed by atoms with van der Waals surface area (Å²) in [7, 11) is 0. The maximum Gasteiger partial charge on any atom is 0.258 e. The first-order valence-electron chi connectivity index (χ1n) is 7.31. The largest absolute Gasteiger partial charge is 0.484 e. The Morgan fingerprint density at radius 3 is 2.78 bits per heavy atom. The lowest BCUT2D eigenvalue weighted by molar-refractivity contribution is -0.150. The number of hydrogen-bond acceptors (Lipinski definition) is 5. The SMILES string of the molecule is CC1(C)S[C@H]2C(NC(=O)COc3ccccc3)C(=O)N2C1C#N. The van der Waals surface area contributed by atoms with E-state index >= 15 is 0 Å². The van der Waals surface area contributed by atoms with Gasteiger partial charge in [-0.2, -0.15) is 5.26 Å². The van der Waals surface area contributed by atoms with Gasteiger partial charge in [-0.05, 0) is 26.0 Å². The van der Waals surface area contributed by atoms with Crippen molar-refractivity contribution in [1.82, 2.24) is 10.2 Å². The van der Waals surface area contributed by atoms with E-state index in [-0.39, 0.29) is 28.5 Å². The quantitative estimate of drug-likeness (QED) is 0.837. The molecule has 1 aromatic rings. The minimum atomic E-state index is -0.579. The summed E-state index contributed by atoms with van der Waals surface area (Å²) >= 11 is 1.55. The summed E-state index contributed by atoms with van der Waals surface area (Å²) in [6.45, 7) is 3.74. The summed E-state index contributed by atoms with van der Waals surface area (Å²) in [6.07, 6.45) is 0. The zero-order valence-electron chi connectivity index (χ0n) is 12.9. The van der Waals surface area contributed by atoms with Crippen LogP contribution in [0.5, 0.6) is 5.75 Å². The molecular weight excluding hydrogens is 314 g/mol. The van der Waals surface area contributed by atoms with E-state index in [2.05, 4.69) is 11.4 Å². The van der Waals surface area contributed by atoms with Crippen molar-refractivity contribution < 1.29 is 14.3 Å². The predicted octanol–water partition coefficient (Wildman–Crippen LogP) is 1.14. The minimum absolute atomic E-state index is 0.143. The van der Waals surface area contributed by atoms with E-state index in [4.69, 9.17) is 4.74 Å². The van der Waals surface area contributed by atoms with Gasteiger partial charge in [0.05, 0.1) is 6.07 Å². The third-order valence-corrected chi connectivity index (χ3v) is 5.56. The molecule has 0 spiro atoms. The molecule has 23 heavy (non-hydrogen) atoms. The van der Waals surface area contributed by atoms with E-state index in [0.717, 1.165) is 0 Å². The van der Waals surface area contributed by atoms with Crippen molar-refractivity contribution in [2.24, 2.45) is 0 Å². The van der Waals surface area contributed by atoms with Gasteiger partial charge in [0.25, 0.3) is 5.91 Å². The van der Waals surface area contributed by atoms with Crippen molar-refractivity contribution in [3.63, 3.8) is 0 Å². The molecule has 2 amide bonds. The Kier molecular flexibility index (Phi) is 3.94. The Morgan fingerprint density at radius 2 is 2.13 bits per heavy atom. The second-order valence-electron chi connectivity index (χ2n) is 6.04. The molecule has 2 aliphatic heterocycles. The first-order chi connectivity index (χ1) is 10.9. The summed E-state index contributed by atoms with van der Waals surface area (Å²) in [5.74, 6) is 0.0588. The first kappa shape index (κ1) is 15.7. The molecule has 1 N–H and O–H groups in total. The second-order valence-corrected chi connectivity index (χ2v) is 7.81. The van der Waals surface area contributed by atoms with Crippen LogP contribution in [0.3, 0.4) is 0 Å². The number of ether oxygens (including phenoxy) is 1. The molecule has 2 aliphatic rings. The average Bonchev–Trinajstić information content (AvgIpc) is 2.79. The molecule has 0 saturated carbocycles. The van der Waals surface area contributed by atoms with Gasteiger partial charge in [0.2, 0.25) is 5.91 Å². The number of nitriles is 1. The van der Waals surface area contributed by atoms with Crippen LogP contribution in [-0.4, -0.2) is 45.5 Å². The average molecular weight is 331 g/mol. The van der Waals surface area contributed by atoms with Crippen LogP contribution in [0.4, 0.5) is 0 Å². The number of para-hydroxylation sites is 1. The van der Waals surface area contributed by atoms with E-state index < -0.39 is 12.1 Å². The molecule has 120 valence electrons. The number of benzene rings is 1. The van der Waals surface area contributed by atoms with Gasteiger partial charge < -0.3 is 15.0 Å². The topological polar surface area (TPSA) is 82.4 Å². The number of β-lactam (4-membered cyclic amide) rings is 1. The van der Waals surface area contributed by atoms with E-state index in [1.54, 1.807) is 28.8 Å². The molecule has 3 atom stereocenters. The number of nitrogens with one attached hydrogen (secondary N) is 1. The normalized spacial score (nSPS) is 27.6. The van der Waals surface area contributed by atoms with Gasteiger partial charge in [-0.15, -0.1) is 11.8 Å². The summed E-state index contributed by atoms with van der Waals surface area (Å²) in [4.78, 5) is 25.8. The number of amides is 2. The third-order valence-electron chi connectivity index (χ3n) is 3.99. The molecule has 7 heteroatoms. The van der Waals surface area contributed by atoms with Crippen LogP contribution in [0.25, 0.3) is 0 Å². The summed E-state index contributed by atoms with van der Waals surface area (Å²) in [6, 6.07) is 10.2. The highest BCUT2D eigenvalue weighted by Gasteiger charge is 2.62.